The predicted octanol–water partition coefficient (Wildman–Crippen LogP) is 4.06. The molecular formula is C26H25FN2O3. The number of hydrogen-bond donors (Lipinski definition) is 1. The molecule has 0 spiro atoms. The summed E-state index contributed by atoms with van der Waals surface area (Å²) in [5.41, 5.74) is 8.18. The molecular weight excluding hydrogens is 407 g/mol. The van der Waals surface area contributed by atoms with E-state index in [1.165, 1.54) is 18.2 Å². The maximum absolute atomic E-state index is 13.5. The lowest BCUT2D eigenvalue weighted by Crippen LogP contribution is -2.42. The van der Waals surface area contributed by atoms with Gasteiger partial charge in [0.25, 0.3) is 5.91 Å². The maximum atomic E-state index is 13.5. The second-order valence-corrected chi connectivity index (χ2v) is 8.21. The average molecular weight is 432 g/mol. The molecule has 2 amide bonds. The highest BCUT2D eigenvalue weighted by Crippen LogP contribution is 2.36. The fourth-order valence-electron chi connectivity index (χ4n) is 4.36. The van der Waals surface area contributed by atoms with Gasteiger partial charge >= 0.3 is 0 Å². The molecule has 2 N–H and O–H groups in total. The Balaban J connectivity index is 1.53. The highest BCUT2D eigenvalue weighted by Gasteiger charge is 2.44. The molecule has 0 radical (unpaired) electrons. The monoisotopic (exact) mass is 432 g/mol. The van der Waals surface area contributed by atoms with Crippen LogP contribution in [0.15, 0.2) is 72.8 Å². The van der Waals surface area contributed by atoms with Crippen molar-refractivity contribution < 1.29 is 18.7 Å². The Labute approximate surface area is 186 Å². The van der Waals surface area contributed by atoms with Crippen LogP contribution in [0.2, 0.25) is 0 Å². The first-order chi connectivity index (χ1) is 15.4. The number of likely N-dealkylation sites (tertiary alicyclic amines) is 1. The molecule has 0 unspecified atom stereocenters. The van der Waals surface area contributed by atoms with Crippen LogP contribution in [-0.2, 0) is 11.2 Å². The standard InChI is InChI=1S/C26H25FN2O3/c1-32-23-8-3-2-7-22(23)19-11-9-18(10-12-19)16-26(25(28)31)13-14-29(17-26)24(30)20-5-4-6-21(27)15-20/h2-12,15H,13-14,16-17H2,1H3,(H2,28,31)/t26-/m1/s1. The molecule has 3 aromatic rings. The van der Waals surface area contributed by atoms with E-state index in [0.717, 1.165) is 22.4 Å². The van der Waals surface area contributed by atoms with Crippen LogP contribution in [0.5, 0.6) is 5.75 Å². The van der Waals surface area contributed by atoms with Gasteiger partial charge in [0.1, 0.15) is 11.6 Å². The van der Waals surface area contributed by atoms with Crippen molar-refractivity contribution in [2.24, 2.45) is 11.1 Å². The number of amides is 2. The van der Waals surface area contributed by atoms with Crippen LogP contribution in [0.25, 0.3) is 11.1 Å². The average Bonchev–Trinajstić information content (AvgIpc) is 3.24. The molecule has 0 saturated carbocycles. The van der Waals surface area contributed by atoms with Gasteiger partial charge in [-0.3, -0.25) is 9.59 Å². The minimum absolute atomic E-state index is 0.214. The molecule has 32 heavy (non-hydrogen) atoms. The summed E-state index contributed by atoms with van der Waals surface area (Å²) < 4.78 is 19.0. The van der Waals surface area contributed by atoms with Crippen molar-refractivity contribution >= 4 is 11.8 Å². The molecule has 1 heterocycles. The summed E-state index contributed by atoms with van der Waals surface area (Å²) in [6, 6.07) is 21.3. The highest BCUT2D eigenvalue weighted by atomic mass is 19.1. The Hall–Kier alpha value is -3.67. The van der Waals surface area contributed by atoms with Gasteiger partial charge in [0, 0.05) is 24.2 Å². The Morgan fingerprint density at radius 2 is 1.81 bits per heavy atom. The van der Waals surface area contributed by atoms with Crippen molar-refractivity contribution in [2.45, 2.75) is 12.8 Å². The van der Waals surface area contributed by atoms with Gasteiger partial charge < -0.3 is 15.4 Å². The van der Waals surface area contributed by atoms with E-state index in [0.29, 0.717) is 19.4 Å². The number of carbonyl (C=O) groups is 2. The number of methoxy groups -OCH3 is 1. The van der Waals surface area contributed by atoms with Crippen molar-refractivity contribution in [3.05, 3.63) is 89.7 Å². The molecule has 1 fully saturated rings. The minimum atomic E-state index is -0.852. The fraction of sp³-hybridized carbons (Fsp3) is 0.231. The summed E-state index contributed by atoms with van der Waals surface area (Å²) in [4.78, 5) is 26.9. The van der Waals surface area contributed by atoms with E-state index in [9.17, 15) is 14.0 Å². The van der Waals surface area contributed by atoms with Gasteiger partial charge in [-0.1, -0.05) is 48.5 Å². The second-order valence-electron chi connectivity index (χ2n) is 8.21. The molecule has 1 aliphatic rings. The molecule has 5 nitrogen and oxygen atoms in total. The number of rotatable bonds is 6. The van der Waals surface area contributed by atoms with E-state index in [1.807, 2.05) is 48.5 Å². The molecule has 1 atom stereocenters. The third-order valence-electron chi connectivity index (χ3n) is 6.15. The van der Waals surface area contributed by atoms with Crippen LogP contribution in [0.4, 0.5) is 4.39 Å². The zero-order chi connectivity index (χ0) is 22.7. The lowest BCUT2D eigenvalue weighted by molar-refractivity contribution is -0.126. The second kappa shape index (κ2) is 8.83. The van der Waals surface area contributed by atoms with Gasteiger partial charge in [-0.2, -0.15) is 0 Å². The summed E-state index contributed by atoms with van der Waals surface area (Å²) in [6.45, 7) is 0.615. The minimum Gasteiger partial charge on any atom is -0.496 e. The number of primary amides is 1. The van der Waals surface area contributed by atoms with Crippen molar-refractivity contribution in [3.63, 3.8) is 0 Å². The molecule has 1 aliphatic heterocycles. The van der Waals surface area contributed by atoms with Crippen LogP contribution in [-0.4, -0.2) is 36.9 Å². The van der Waals surface area contributed by atoms with E-state index in [-0.39, 0.29) is 18.0 Å². The number of nitrogens with two attached hydrogens (primary N) is 1. The summed E-state index contributed by atoms with van der Waals surface area (Å²) >= 11 is 0. The van der Waals surface area contributed by atoms with Crippen LogP contribution in [0.1, 0.15) is 22.3 Å². The number of hydrogen-bond acceptors (Lipinski definition) is 3. The molecule has 0 aliphatic carbocycles. The van der Waals surface area contributed by atoms with Gasteiger partial charge in [0.05, 0.1) is 12.5 Å². The zero-order valence-corrected chi connectivity index (χ0v) is 17.9. The number of halogens is 1. The first-order valence-electron chi connectivity index (χ1n) is 10.5. The number of carbonyl (C=O) groups excluding carboxylic acids is 2. The molecule has 164 valence electrons. The molecule has 0 aromatic heterocycles. The largest absolute Gasteiger partial charge is 0.496 e. The van der Waals surface area contributed by atoms with Gasteiger partial charge in [-0.25, -0.2) is 4.39 Å². The first-order valence-corrected chi connectivity index (χ1v) is 10.5. The third-order valence-corrected chi connectivity index (χ3v) is 6.15. The number of nitrogens with zero attached hydrogens (tertiary/aromatic N) is 1. The Bertz CT molecular complexity index is 1150. The summed E-state index contributed by atoms with van der Waals surface area (Å²) in [5.74, 6) is -0.400. The predicted molar refractivity (Wildman–Crippen MR) is 121 cm³/mol. The quantitative estimate of drug-likeness (QED) is 0.638. The van der Waals surface area contributed by atoms with Crippen molar-refractivity contribution in [1.82, 2.24) is 4.90 Å². The Morgan fingerprint density at radius 3 is 2.50 bits per heavy atom. The van der Waals surface area contributed by atoms with E-state index in [1.54, 1.807) is 18.1 Å². The van der Waals surface area contributed by atoms with Gasteiger partial charge in [-0.05, 0) is 48.2 Å². The van der Waals surface area contributed by atoms with Gasteiger partial charge in [0.2, 0.25) is 5.91 Å². The van der Waals surface area contributed by atoms with E-state index < -0.39 is 17.1 Å². The van der Waals surface area contributed by atoms with Gasteiger partial charge in [0.15, 0.2) is 0 Å². The fourth-order valence-corrected chi connectivity index (χ4v) is 4.36. The number of para-hydroxylation sites is 1. The molecule has 1 saturated heterocycles. The first kappa shape index (κ1) is 21.6. The van der Waals surface area contributed by atoms with Gasteiger partial charge in [-0.15, -0.1) is 0 Å². The Kier molecular flexibility index (Phi) is 5.95. The lowest BCUT2D eigenvalue weighted by Gasteiger charge is -2.26. The third kappa shape index (κ3) is 4.21. The smallest absolute Gasteiger partial charge is 0.253 e. The highest BCUT2D eigenvalue weighted by molar-refractivity contribution is 5.95. The number of benzene rings is 3. The topological polar surface area (TPSA) is 72.6 Å². The van der Waals surface area contributed by atoms with Crippen molar-refractivity contribution in [3.8, 4) is 16.9 Å². The lowest BCUT2D eigenvalue weighted by atomic mass is 9.80. The van der Waals surface area contributed by atoms with Crippen LogP contribution in [0, 0.1) is 11.2 Å². The van der Waals surface area contributed by atoms with Crippen LogP contribution >= 0.6 is 0 Å². The molecule has 6 heteroatoms. The van der Waals surface area contributed by atoms with E-state index in [2.05, 4.69) is 0 Å². The summed E-state index contributed by atoms with van der Waals surface area (Å²) in [7, 11) is 1.64. The zero-order valence-electron chi connectivity index (χ0n) is 17.9. The Morgan fingerprint density at radius 1 is 1.06 bits per heavy atom. The van der Waals surface area contributed by atoms with Crippen molar-refractivity contribution in [2.75, 3.05) is 20.2 Å². The molecule has 4 rings (SSSR count). The number of ether oxygens (including phenoxy) is 1. The van der Waals surface area contributed by atoms with Crippen molar-refractivity contribution in [1.29, 1.82) is 0 Å². The SMILES string of the molecule is COc1ccccc1-c1ccc(C[C@]2(C(N)=O)CCN(C(=O)c3cccc(F)c3)C2)cc1. The van der Waals surface area contributed by atoms with Crippen LogP contribution in [0.3, 0.4) is 0 Å². The maximum Gasteiger partial charge on any atom is 0.253 e. The van der Waals surface area contributed by atoms with E-state index in [4.69, 9.17) is 10.5 Å². The summed E-state index contributed by atoms with van der Waals surface area (Å²) in [6.07, 6.45) is 0.902. The van der Waals surface area contributed by atoms with Crippen LogP contribution < -0.4 is 10.5 Å². The molecule has 3 aromatic carbocycles. The summed E-state index contributed by atoms with van der Waals surface area (Å²) in [5, 5.41) is 0. The van der Waals surface area contributed by atoms with E-state index >= 15 is 0 Å². The normalized spacial score (nSPS) is 17.9. The molecule has 0 bridgehead atoms.